The molecule has 62 heavy (non-hydrogen) atoms. The summed E-state index contributed by atoms with van der Waals surface area (Å²) in [5, 5.41) is 0. The van der Waals surface area contributed by atoms with Crippen LogP contribution < -0.4 is 4.90 Å². The zero-order valence-electron chi connectivity index (χ0n) is 39.7. The highest BCUT2D eigenvalue weighted by Gasteiger charge is 2.41. The van der Waals surface area contributed by atoms with E-state index in [9.17, 15) is 4.39 Å². The maximum atomic E-state index is 16.1. The summed E-state index contributed by atoms with van der Waals surface area (Å²) in [6.07, 6.45) is 6.26. The first-order valence-corrected chi connectivity index (χ1v) is 22.6. The monoisotopic (exact) mass is 828 g/mol. The maximum Gasteiger partial charge on any atom is 0.150 e. The lowest BCUT2D eigenvalue weighted by molar-refractivity contribution is 0.490. The van der Waals surface area contributed by atoms with E-state index in [-0.39, 0.29) is 27.1 Å². The third-order valence-electron chi connectivity index (χ3n) is 13.3. The fourth-order valence-corrected chi connectivity index (χ4v) is 9.09. The van der Waals surface area contributed by atoms with E-state index in [1.165, 1.54) is 50.6 Å². The second-order valence-electron chi connectivity index (χ2n) is 21.8. The zero-order valence-corrected chi connectivity index (χ0v) is 39.7. The van der Waals surface area contributed by atoms with E-state index in [0.29, 0.717) is 5.69 Å². The predicted molar refractivity (Wildman–Crippen MR) is 263 cm³/mol. The van der Waals surface area contributed by atoms with Crippen molar-refractivity contribution in [2.24, 2.45) is 0 Å². The molecule has 0 spiro atoms. The molecule has 1 aliphatic carbocycles. The number of rotatable bonds is 8. The Hall–Kier alpha value is -5.28. The van der Waals surface area contributed by atoms with Gasteiger partial charge in [-0.1, -0.05) is 182 Å². The van der Waals surface area contributed by atoms with Gasteiger partial charge in [0.1, 0.15) is 11.6 Å². The van der Waals surface area contributed by atoms with Gasteiger partial charge in [0.05, 0.1) is 5.69 Å². The van der Waals surface area contributed by atoms with Gasteiger partial charge in [0.15, 0.2) is 0 Å². The molecule has 0 atom stereocenters. The summed E-state index contributed by atoms with van der Waals surface area (Å²) in [5.41, 5.74) is 16.5. The van der Waals surface area contributed by atoms with Crippen molar-refractivity contribution >= 4 is 29.2 Å². The third kappa shape index (κ3) is 8.70. The minimum Gasteiger partial charge on any atom is -0.308 e. The van der Waals surface area contributed by atoms with Crippen LogP contribution in [0.2, 0.25) is 0 Å². The molecule has 0 N–H and O–H groups in total. The van der Waals surface area contributed by atoms with Gasteiger partial charge < -0.3 is 4.90 Å². The van der Waals surface area contributed by atoms with Crippen molar-refractivity contribution in [3.63, 3.8) is 0 Å². The minimum atomic E-state index is -0.597. The molecule has 1 nitrogen and oxygen atoms in total. The molecule has 0 unspecified atom stereocenters. The molecule has 322 valence electrons. The summed E-state index contributed by atoms with van der Waals surface area (Å²) >= 11 is 0. The average Bonchev–Trinajstić information content (AvgIpc) is 3.48. The molecule has 0 amide bonds. The number of hydrogen-bond donors (Lipinski definition) is 0. The normalized spacial score (nSPS) is 14.0. The predicted octanol–water partition coefficient (Wildman–Crippen LogP) is 17.5. The molecule has 0 heterocycles. The van der Waals surface area contributed by atoms with Gasteiger partial charge in [0.2, 0.25) is 0 Å². The molecule has 3 heteroatoms. The van der Waals surface area contributed by atoms with Crippen LogP contribution in [0.4, 0.5) is 25.8 Å². The fourth-order valence-electron chi connectivity index (χ4n) is 9.09. The van der Waals surface area contributed by atoms with Crippen molar-refractivity contribution in [2.75, 3.05) is 4.90 Å². The van der Waals surface area contributed by atoms with Gasteiger partial charge >= 0.3 is 0 Å². The van der Waals surface area contributed by atoms with Crippen LogP contribution in [0.3, 0.4) is 0 Å². The molecular formula is C59H67F2N. The Labute approximate surface area is 372 Å². The van der Waals surface area contributed by atoms with Crippen molar-refractivity contribution < 1.29 is 8.78 Å². The van der Waals surface area contributed by atoms with Crippen LogP contribution >= 0.6 is 0 Å². The van der Waals surface area contributed by atoms with Gasteiger partial charge in [-0.2, -0.15) is 0 Å². The second kappa shape index (κ2) is 16.1. The first-order valence-electron chi connectivity index (χ1n) is 22.6. The van der Waals surface area contributed by atoms with Crippen LogP contribution in [0.25, 0.3) is 34.4 Å². The topological polar surface area (TPSA) is 3.24 Å². The molecule has 1 aliphatic rings. The molecule has 0 saturated carbocycles. The Morgan fingerprint density at radius 2 is 0.919 bits per heavy atom. The molecule has 0 saturated heterocycles. The third-order valence-corrected chi connectivity index (χ3v) is 13.3. The van der Waals surface area contributed by atoms with Crippen LogP contribution in [0.5, 0.6) is 0 Å². The van der Waals surface area contributed by atoms with Crippen LogP contribution in [-0.2, 0) is 27.1 Å². The minimum absolute atomic E-state index is 0.0597. The molecule has 0 aliphatic heterocycles. The average molecular weight is 828 g/mol. The highest BCUT2D eigenvalue weighted by atomic mass is 19.1. The molecule has 0 fully saturated rings. The highest BCUT2D eigenvalue weighted by Crippen LogP contribution is 2.55. The second-order valence-corrected chi connectivity index (χ2v) is 21.8. The van der Waals surface area contributed by atoms with Crippen LogP contribution in [0.15, 0.2) is 115 Å². The van der Waals surface area contributed by atoms with Gasteiger partial charge in [0, 0.05) is 22.9 Å². The maximum absolute atomic E-state index is 16.1. The van der Waals surface area contributed by atoms with Crippen molar-refractivity contribution in [3.05, 3.63) is 171 Å². The Bertz CT molecular complexity index is 2580. The van der Waals surface area contributed by atoms with Gasteiger partial charge in [-0.3, -0.25) is 0 Å². The van der Waals surface area contributed by atoms with Gasteiger partial charge in [0.25, 0.3) is 0 Å². The summed E-state index contributed by atoms with van der Waals surface area (Å²) in [4.78, 5) is 1.99. The first-order chi connectivity index (χ1) is 28.9. The van der Waals surface area contributed by atoms with Gasteiger partial charge in [-0.15, -0.1) is 0 Å². The number of anilines is 3. The Kier molecular flexibility index (Phi) is 11.6. The van der Waals surface area contributed by atoms with Crippen molar-refractivity contribution in [2.45, 2.75) is 137 Å². The Morgan fingerprint density at radius 3 is 1.42 bits per heavy atom. The van der Waals surface area contributed by atoms with Crippen molar-refractivity contribution in [3.8, 4) is 22.3 Å². The SMILES string of the molecule is CCC1(CC)c2cc(/C=C/c3ccc(-c4cc(C(C)(C)C)cc(C(C)(C)C)c4)cc3)ccc2-c2ccc(N(c3cc(C(C)(C)C)cc(C(C)(C)C)c3)c3ccc(F)cc3F)cc21. The van der Waals surface area contributed by atoms with Crippen LogP contribution in [0, 0.1) is 11.6 Å². The zero-order chi connectivity index (χ0) is 45.2. The van der Waals surface area contributed by atoms with Gasteiger partial charge in [-0.25, -0.2) is 8.78 Å². The van der Waals surface area contributed by atoms with Gasteiger partial charge in [-0.05, 0) is 138 Å². The lowest BCUT2D eigenvalue weighted by Gasteiger charge is -2.33. The fraction of sp³-hybridized carbons (Fsp3) is 0.356. The van der Waals surface area contributed by atoms with E-state index in [4.69, 9.17) is 0 Å². The number of fused-ring (bicyclic) bond motifs is 3. The van der Waals surface area contributed by atoms with E-state index < -0.39 is 11.6 Å². The first kappa shape index (κ1) is 44.8. The molecule has 7 rings (SSSR count). The summed E-state index contributed by atoms with van der Waals surface area (Å²) in [5.74, 6) is -1.19. The number of halogens is 2. The molecule has 6 aromatic carbocycles. The van der Waals surface area contributed by atoms with Crippen molar-refractivity contribution in [1.82, 2.24) is 0 Å². The van der Waals surface area contributed by atoms with E-state index in [1.54, 1.807) is 6.07 Å². The molecule has 0 aromatic heterocycles. The lowest BCUT2D eigenvalue weighted by atomic mass is 9.73. The summed E-state index contributed by atoms with van der Waals surface area (Å²) in [7, 11) is 0. The Balaban J connectivity index is 1.27. The highest BCUT2D eigenvalue weighted by molar-refractivity contribution is 5.87. The van der Waals surface area contributed by atoms with E-state index in [1.807, 2.05) is 4.90 Å². The van der Waals surface area contributed by atoms with E-state index in [0.717, 1.165) is 52.5 Å². The summed E-state index contributed by atoms with van der Waals surface area (Å²) in [6.45, 7) is 31.5. The lowest BCUT2D eigenvalue weighted by Crippen LogP contribution is -2.24. The number of nitrogens with zero attached hydrogens (tertiary/aromatic N) is 1. The van der Waals surface area contributed by atoms with E-state index in [2.05, 4.69) is 206 Å². The van der Waals surface area contributed by atoms with Crippen LogP contribution in [-0.4, -0.2) is 0 Å². The number of benzene rings is 6. The largest absolute Gasteiger partial charge is 0.308 e. The number of hydrogen-bond acceptors (Lipinski definition) is 1. The summed E-state index contributed by atoms with van der Waals surface area (Å²) in [6, 6.07) is 40.0. The molecule has 6 aromatic rings. The Morgan fingerprint density at radius 1 is 0.452 bits per heavy atom. The quantitative estimate of drug-likeness (QED) is 0.138. The smallest absolute Gasteiger partial charge is 0.150 e. The van der Waals surface area contributed by atoms with Crippen molar-refractivity contribution in [1.29, 1.82) is 0 Å². The molecular weight excluding hydrogens is 761 g/mol. The van der Waals surface area contributed by atoms with Crippen LogP contribution in [0.1, 0.15) is 154 Å². The molecule has 0 bridgehead atoms. The standard InChI is InChI=1S/C59H67F2N/c1-15-59(16-2)51-29-39(18-17-38-19-22-40(23-20-38)41-30-42(55(3,4)5)32-43(31-41)56(6,7)8)21-26-49(51)50-27-25-47(37-52(50)59)62(54-28-24-46(60)36-53(54)61)48-34-44(57(9,10)11)33-45(35-48)58(12,13)14/h17-37H,15-16H2,1-14H3/b18-17+. The summed E-state index contributed by atoms with van der Waals surface area (Å²) < 4.78 is 30.5. The van der Waals surface area contributed by atoms with E-state index >= 15 is 4.39 Å². The molecule has 0 radical (unpaired) electrons.